The third-order valence-electron chi connectivity index (χ3n) is 6.60. The van der Waals surface area contributed by atoms with Gasteiger partial charge in [-0.15, -0.1) is 0 Å². The van der Waals surface area contributed by atoms with Crippen LogP contribution in [-0.2, 0) is 11.3 Å². The van der Waals surface area contributed by atoms with E-state index in [4.69, 9.17) is 9.47 Å². The van der Waals surface area contributed by atoms with Gasteiger partial charge in [-0.25, -0.2) is 4.98 Å². The van der Waals surface area contributed by atoms with Crippen molar-refractivity contribution in [3.63, 3.8) is 0 Å². The Balaban J connectivity index is 1.37. The summed E-state index contributed by atoms with van der Waals surface area (Å²) in [6, 6.07) is 20.3. The van der Waals surface area contributed by atoms with Crippen molar-refractivity contribution in [2.75, 3.05) is 33.4 Å². The minimum absolute atomic E-state index is 0.121. The Labute approximate surface area is 202 Å². The molecule has 176 valence electrons. The van der Waals surface area contributed by atoms with E-state index < -0.39 is 0 Å². The monoisotopic (exact) mass is 466 g/mol. The first-order chi connectivity index (χ1) is 17.2. The molecule has 5 aromatic rings. The molecular weight excluding hydrogens is 440 g/mol. The molecule has 1 saturated heterocycles. The van der Waals surface area contributed by atoms with Gasteiger partial charge >= 0.3 is 0 Å². The molecule has 0 spiro atoms. The summed E-state index contributed by atoms with van der Waals surface area (Å²) in [7, 11) is 1.62. The Morgan fingerprint density at radius 2 is 1.74 bits per heavy atom. The van der Waals surface area contributed by atoms with Crippen LogP contribution in [0.4, 0.5) is 0 Å². The second-order valence-corrected chi connectivity index (χ2v) is 8.87. The normalized spacial score (nSPS) is 14.5. The van der Waals surface area contributed by atoms with Crippen molar-refractivity contribution in [1.82, 2.24) is 19.9 Å². The summed E-state index contributed by atoms with van der Waals surface area (Å²) in [4.78, 5) is 26.1. The van der Waals surface area contributed by atoms with Gasteiger partial charge in [-0.05, 0) is 65.0 Å². The summed E-state index contributed by atoms with van der Waals surface area (Å²) in [6.45, 7) is 4.38. The van der Waals surface area contributed by atoms with E-state index >= 15 is 0 Å². The standard InChI is InChI=1S/C28H26N4O3/c1-34-28-22(3-2-8-29-28)19-5-7-25-21(14-19)15-23(27(33)31-25)26-16-20-13-18(4-6-24(20)30-26)17-32-9-11-35-12-10-32/h2-8,13-16,30H,9-12,17H2,1H3,(H,31,33). The van der Waals surface area contributed by atoms with E-state index in [9.17, 15) is 4.79 Å². The molecule has 6 rings (SSSR count). The molecule has 7 heteroatoms. The van der Waals surface area contributed by atoms with Gasteiger partial charge in [-0.1, -0.05) is 12.1 Å². The number of aromatic amines is 2. The van der Waals surface area contributed by atoms with Crippen molar-refractivity contribution < 1.29 is 9.47 Å². The zero-order valence-electron chi connectivity index (χ0n) is 19.5. The fourth-order valence-corrected chi connectivity index (χ4v) is 4.79. The molecule has 0 amide bonds. The largest absolute Gasteiger partial charge is 0.481 e. The molecule has 0 bridgehead atoms. The molecule has 2 N–H and O–H groups in total. The van der Waals surface area contributed by atoms with Gasteiger partial charge in [0.25, 0.3) is 5.56 Å². The zero-order chi connectivity index (χ0) is 23.8. The van der Waals surface area contributed by atoms with E-state index in [1.807, 2.05) is 30.3 Å². The lowest BCUT2D eigenvalue weighted by Crippen LogP contribution is -2.35. The van der Waals surface area contributed by atoms with Crippen LogP contribution in [0.2, 0.25) is 0 Å². The highest BCUT2D eigenvalue weighted by atomic mass is 16.5. The van der Waals surface area contributed by atoms with Crippen LogP contribution in [0.3, 0.4) is 0 Å². The lowest BCUT2D eigenvalue weighted by Gasteiger charge is -2.26. The zero-order valence-corrected chi connectivity index (χ0v) is 19.5. The molecule has 0 unspecified atom stereocenters. The Morgan fingerprint density at radius 3 is 2.60 bits per heavy atom. The van der Waals surface area contributed by atoms with Gasteiger partial charge in [0, 0.05) is 47.8 Å². The predicted molar refractivity (Wildman–Crippen MR) is 138 cm³/mol. The fraction of sp³-hybridized carbons (Fsp3) is 0.214. The summed E-state index contributed by atoms with van der Waals surface area (Å²) >= 11 is 0. The van der Waals surface area contributed by atoms with Crippen molar-refractivity contribution in [3.05, 3.63) is 82.8 Å². The Hall–Kier alpha value is -3.94. The molecule has 0 aliphatic carbocycles. The number of hydrogen-bond donors (Lipinski definition) is 2. The number of fused-ring (bicyclic) bond motifs is 2. The summed E-state index contributed by atoms with van der Waals surface area (Å²) in [5, 5.41) is 2.04. The van der Waals surface area contributed by atoms with Crippen molar-refractivity contribution in [1.29, 1.82) is 0 Å². The Bertz CT molecular complexity index is 1580. The van der Waals surface area contributed by atoms with E-state index in [1.54, 1.807) is 13.3 Å². The van der Waals surface area contributed by atoms with Crippen molar-refractivity contribution in [3.8, 4) is 28.3 Å². The Kier molecular flexibility index (Phi) is 5.56. The molecule has 7 nitrogen and oxygen atoms in total. The predicted octanol–water partition coefficient (Wildman–Crippen LogP) is 4.58. The minimum atomic E-state index is -0.121. The second-order valence-electron chi connectivity index (χ2n) is 8.87. The SMILES string of the molecule is COc1ncccc1-c1ccc2[nH]c(=O)c(-c3cc4cc(CN5CCOCC5)ccc4[nH]3)cc2c1. The topological polar surface area (TPSA) is 83.2 Å². The maximum absolute atomic E-state index is 13.0. The van der Waals surface area contributed by atoms with Crippen LogP contribution < -0.4 is 10.3 Å². The van der Waals surface area contributed by atoms with Gasteiger partial charge in [0.2, 0.25) is 5.88 Å². The highest BCUT2D eigenvalue weighted by molar-refractivity contribution is 5.91. The highest BCUT2D eigenvalue weighted by Crippen LogP contribution is 2.31. The molecular formula is C28H26N4O3. The first-order valence-corrected chi connectivity index (χ1v) is 11.8. The van der Waals surface area contributed by atoms with Crippen molar-refractivity contribution >= 4 is 21.8 Å². The van der Waals surface area contributed by atoms with Crippen LogP contribution in [-0.4, -0.2) is 53.3 Å². The number of morpholine rings is 1. The number of pyridine rings is 2. The molecule has 35 heavy (non-hydrogen) atoms. The maximum atomic E-state index is 13.0. The van der Waals surface area contributed by atoms with Gasteiger partial charge in [-0.2, -0.15) is 0 Å². The summed E-state index contributed by atoms with van der Waals surface area (Å²) in [6.07, 6.45) is 1.71. The average molecular weight is 467 g/mol. The number of ether oxygens (including phenoxy) is 2. The van der Waals surface area contributed by atoms with Crippen LogP contribution in [0.25, 0.3) is 44.2 Å². The molecule has 0 saturated carbocycles. The lowest BCUT2D eigenvalue weighted by molar-refractivity contribution is 0.0342. The third-order valence-corrected chi connectivity index (χ3v) is 6.60. The molecule has 3 aromatic heterocycles. The van der Waals surface area contributed by atoms with Crippen LogP contribution in [0.15, 0.2) is 71.7 Å². The lowest BCUT2D eigenvalue weighted by atomic mass is 10.0. The molecule has 1 fully saturated rings. The first-order valence-electron chi connectivity index (χ1n) is 11.8. The van der Waals surface area contributed by atoms with E-state index in [2.05, 4.69) is 50.2 Å². The number of benzene rings is 2. The number of H-pyrrole nitrogens is 2. The van der Waals surface area contributed by atoms with Crippen LogP contribution >= 0.6 is 0 Å². The van der Waals surface area contributed by atoms with Gasteiger partial charge in [-0.3, -0.25) is 9.69 Å². The second kappa shape index (κ2) is 9.02. The number of nitrogens with zero attached hydrogens (tertiary/aromatic N) is 2. The van der Waals surface area contributed by atoms with E-state index in [-0.39, 0.29) is 5.56 Å². The van der Waals surface area contributed by atoms with Crippen LogP contribution in [0.5, 0.6) is 5.88 Å². The molecule has 0 atom stereocenters. The quantitative estimate of drug-likeness (QED) is 0.396. The fourth-order valence-electron chi connectivity index (χ4n) is 4.79. The summed E-state index contributed by atoms with van der Waals surface area (Å²) < 4.78 is 10.9. The number of rotatable bonds is 5. The average Bonchev–Trinajstić information content (AvgIpc) is 3.32. The van der Waals surface area contributed by atoms with Gasteiger partial charge in [0.05, 0.1) is 31.6 Å². The molecule has 4 heterocycles. The number of methoxy groups -OCH3 is 1. The summed E-state index contributed by atoms with van der Waals surface area (Å²) in [5.74, 6) is 0.569. The number of nitrogens with one attached hydrogen (secondary N) is 2. The summed E-state index contributed by atoms with van der Waals surface area (Å²) in [5.41, 5.74) is 6.23. The van der Waals surface area contributed by atoms with Crippen molar-refractivity contribution in [2.45, 2.75) is 6.54 Å². The molecule has 1 aliphatic heterocycles. The van der Waals surface area contributed by atoms with Crippen LogP contribution in [0, 0.1) is 0 Å². The van der Waals surface area contributed by atoms with Gasteiger partial charge in [0.15, 0.2) is 0 Å². The smallest absolute Gasteiger partial charge is 0.257 e. The molecule has 1 aliphatic rings. The van der Waals surface area contributed by atoms with E-state index in [1.165, 1.54) is 5.56 Å². The van der Waals surface area contributed by atoms with Crippen molar-refractivity contribution in [2.24, 2.45) is 0 Å². The van der Waals surface area contributed by atoms with Gasteiger partial charge in [0.1, 0.15) is 0 Å². The minimum Gasteiger partial charge on any atom is -0.481 e. The maximum Gasteiger partial charge on any atom is 0.257 e. The third kappa shape index (κ3) is 4.20. The number of hydrogen-bond acceptors (Lipinski definition) is 5. The number of aromatic nitrogens is 3. The highest BCUT2D eigenvalue weighted by Gasteiger charge is 2.14. The molecule has 2 aromatic carbocycles. The van der Waals surface area contributed by atoms with Crippen LogP contribution in [0.1, 0.15) is 5.56 Å². The Morgan fingerprint density at radius 1 is 0.943 bits per heavy atom. The van der Waals surface area contributed by atoms with Gasteiger partial charge < -0.3 is 19.4 Å². The van der Waals surface area contributed by atoms with E-state index in [0.29, 0.717) is 11.4 Å². The van der Waals surface area contributed by atoms with E-state index in [0.717, 1.165) is 71.5 Å². The first kappa shape index (κ1) is 21.6. The molecule has 0 radical (unpaired) electrons.